The minimum absolute atomic E-state index is 0.0695. The number of hydrogen-bond acceptors (Lipinski definition) is 5. The number of benzene rings is 9. The van der Waals surface area contributed by atoms with E-state index in [0.717, 1.165) is 82.8 Å². The van der Waals surface area contributed by atoms with Crippen molar-refractivity contribution < 1.29 is 8.83 Å². The standard InChI is InChI=1S/C60H39N3O2/c1-60(2)50-19-8-6-16-44(50)45-29-26-42(35-51(45)60)40-15-10-14-39(32-40)41-27-30-54-49(33-41)56-47(18-11-21-55(56)65-54)59-62-57(38-24-22-37(23-25-38)36-12-4-3-5-13-36)61-58(63-59)43-28-31-53-48(34-43)46-17-7-9-20-52(46)64-53/h3-35H,1-2H3. The van der Waals surface area contributed by atoms with Crippen LogP contribution in [0.4, 0.5) is 0 Å². The van der Waals surface area contributed by atoms with Crippen LogP contribution in [0.1, 0.15) is 25.0 Å². The lowest BCUT2D eigenvalue weighted by molar-refractivity contribution is 0.660. The lowest BCUT2D eigenvalue weighted by atomic mass is 9.81. The van der Waals surface area contributed by atoms with E-state index in [-0.39, 0.29) is 5.41 Å². The van der Waals surface area contributed by atoms with Crippen LogP contribution >= 0.6 is 0 Å². The molecule has 0 saturated carbocycles. The zero-order valence-electron chi connectivity index (χ0n) is 35.7. The van der Waals surface area contributed by atoms with Gasteiger partial charge in [0.05, 0.1) is 0 Å². The Morgan fingerprint density at radius 3 is 1.66 bits per heavy atom. The van der Waals surface area contributed by atoms with Gasteiger partial charge in [0.15, 0.2) is 17.5 Å². The lowest BCUT2D eigenvalue weighted by Gasteiger charge is -2.22. The van der Waals surface area contributed by atoms with Gasteiger partial charge in [-0.25, -0.2) is 15.0 Å². The van der Waals surface area contributed by atoms with Crippen LogP contribution in [0.15, 0.2) is 209 Å². The molecular formula is C60H39N3O2. The zero-order chi connectivity index (χ0) is 43.2. The molecule has 0 fully saturated rings. The fourth-order valence-electron chi connectivity index (χ4n) is 10.0. The number of rotatable bonds is 6. The maximum absolute atomic E-state index is 6.57. The first kappa shape index (κ1) is 37.2. The van der Waals surface area contributed by atoms with E-state index in [1.54, 1.807) is 0 Å². The molecule has 0 atom stereocenters. The van der Waals surface area contributed by atoms with Gasteiger partial charge in [-0.05, 0) is 110 Å². The molecular weight excluding hydrogens is 795 g/mol. The van der Waals surface area contributed by atoms with Gasteiger partial charge in [-0.15, -0.1) is 0 Å². The summed E-state index contributed by atoms with van der Waals surface area (Å²) in [7, 11) is 0. The Kier molecular flexibility index (Phi) is 8.18. The minimum atomic E-state index is -0.0695. The number of aromatic nitrogens is 3. The normalized spacial score (nSPS) is 12.9. The van der Waals surface area contributed by atoms with Crippen molar-refractivity contribution in [2.75, 3.05) is 0 Å². The number of fused-ring (bicyclic) bond motifs is 9. The van der Waals surface area contributed by atoms with E-state index in [4.69, 9.17) is 23.8 Å². The van der Waals surface area contributed by atoms with Gasteiger partial charge in [-0.2, -0.15) is 0 Å². The Hall–Kier alpha value is -8.41. The van der Waals surface area contributed by atoms with Crippen molar-refractivity contribution >= 4 is 43.9 Å². The minimum Gasteiger partial charge on any atom is -0.456 e. The summed E-state index contributed by atoms with van der Waals surface area (Å²) in [6.07, 6.45) is 0. The average molecular weight is 834 g/mol. The third kappa shape index (κ3) is 6.04. The predicted molar refractivity (Wildman–Crippen MR) is 265 cm³/mol. The second kappa shape index (κ2) is 14.3. The van der Waals surface area contributed by atoms with Gasteiger partial charge in [0.2, 0.25) is 0 Å². The molecule has 65 heavy (non-hydrogen) atoms. The van der Waals surface area contributed by atoms with Crippen molar-refractivity contribution in [3.63, 3.8) is 0 Å². The molecule has 0 saturated heterocycles. The predicted octanol–water partition coefficient (Wildman–Crippen LogP) is 16.0. The smallest absolute Gasteiger partial charge is 0.164 e. The van der Waals surface area contributed by atoms with Gasteiger partial charge >= 0.3 is 0 Å². The molecule has 0 unspecified atom stereocenters. The molecule has 12 aromatic rings. The summed E-state index contributed by atoms with van der Waals surface area (Å²) < 4.78 is 12.8. The highest BCUT2D eigenvalue weighted by Crippen LogP contribution is 2.50. The zero-order valence-corrected chi connectivity index (χ0v) is 35.7. The molecule has 0 aliphatic heterocycles. The van der Waals surface area contributed by atoms with Crippen LogP contribution < -0.4 is 0 Å². The van der Waals surface area contributed by atoms with Gasteiger partial charge in [0.1, 0.15) is 22.3 Å². The number of para-hydroxylation sites is 1. The highest BCUT2D eigenvalue weighted by atomic mass is 16.3. The summed E-state index contributed by atoms with van der Waals surface area (Å²) in [4.78, 5) is 15.6. The van der Waals surface area contributed by atoms with E-state index >= 15 is 0 Å². The number of hydrogen-bond donors (Lipinski definition) is 0. The van der Waals surface area contributed by atoms with Gasteiger partial charge in [-0.1, -0.05) is 159 Å². The molecule has 9 aromatic carbocycles. The van der Waals surface area contributed by atoms with E-state index < -0.39 is 0 Å². The van der Waals surface area contributed by atoms with Crippen LogP contribution in [0.5, 0.6) is 0 Å². The molecule has 3 heterocycles. The summed E-state index contributed by atoms with van der Waals surface area (Å²) in [6, 6.07) is 70.3. The van der Waals surface area contributed by atoms with Gasteiger partial charge in [0, 0.05) is 43.7 Å². The van der Waals surface area contributed by atoms with Crippen LogP contribution in [0.25, 0.3) is 123 Å². The van der Waals surface area contributed by atoms with E-state index in [9.17, 15) is 0 Å². The van der Waals surface area contributed by atoms with Gasteiger partial charge < -0.3 is 8.83 Å². The molecule has 3 aromatic heterocycles. The molecule has 0 N–H and O–H groups in total. The Morgan fingerprint density at radius 2 is 0.815 bits per heavy atom. The molecule has 0 bridgehead atoms. The summed E-state index contributed by atoms with van der Waals surface area (Å²) in [5.74, 6) is 1.73. The monoisotopic (exact) mass is 833 g/mol. The van der Waals surface area contributed by atoms with Crippen LogP contribution in [0.2, 0.25) is 0 Å². The Balaban J connectivity index is 0.938. The topological polar surface area (TPSA) is 65.0 Å². The maximum Gasteiger partial charge on any atom is 0.164 e. The third-order valence-corrected chi connectivity index (χ3v) is 13.4. The van der Waals surface area contributed by atoms with Crippen molar-refractivity contribution in [1.82, 2.24) is 15.0 Å². The third-order valence-electron chi connectivity index (χ3n) is 13.4. The van der Waals surface area contributed by atoms with Crippen molar-refractivity contribution in [3.8, 4) is 78.7 Å². The largest absolute Gasteiger partial charge is 0.456 e. The first-order valence-electron chi connectivity index (χ1n) is 22.1. The highest BCUT2D eigenvalue weighted by Gasteiger charge is 2.35. The van der Waals surface area contributed by atoms with Crippen LogP contribution in [0, 0.1) is 0 Å². The number of nitrogens with zero attached hydrogens (tertiary/aromatic N) is 3. The Labute approximate surface area is 375 Å². The van der Waals surface area contributed by atoms with E-state index in [2.05, 4.69) is 166 Å². The molecule has 5 nitrogen and oxygen atoms in total. The van der Waals surface area contributed by atoms with Gasteiger partial charge in [-0.3, -0.25) is 0 Å². The quantitative estimate of drug-likeness (QED) is 0.167. The molecule has 1 aliphatic rings. The van der Waals surface area contributed by atoms with E-state index in [0.29, 0.717) is 17.5 Å². The van der Waals surface area contributed by atoms with E-state index in [1.807, 2.05) is 48.5 Å². The molecule has 0 radical (unpaired) electrons. The Bertz CT molecular complexity index is 3860. The second-order valence-electron chi connectivity index (χ2n) is 17.6. The van der Waals surface area contributed by atoms with Crippen LogP contribution in [0.3, 0.4) is 0 Å². The lowest BCUT2D eigenvalue weighted by Crippen LogP contribution is -2.14. The van der Waals surface area contributed by atoms with Gasteiger partial charge in [0.25, 0.3) is 0 Å². The summed E-state index contributed by atoms with van der Waals surface area (Å²) >= 11 is 0. The highest BCUT2D eigenvalue weighted by molar-refractivity contribution is 6.13. The first-order valence-corrected chi connectivity index (χ1v) is 22.1. The molecule has 13 rings (SSSR count). The van der Waals surface area contributed by atoms with Crippen molar-refractivity contribution in [2.45, 2.75) is 19.3 Å². The van der Waals surface area contributed by atoms with Crippen molar-refractivity contribution in [2.24, 2.45) is 0 Å². The first-order chi connectivity index (χ1) is 31.9. The van der Waals surface area contributed by atoms with Crippen molar-refractivity contribution in [3.05, 3.63) is 211 Å². The van der Waals surface area contributed by atoms with Crippen LogP contribution in [-0.4, -0.2) is 15.0 Å². The maximum atomic E-state index is 6.57. The molecule has 0 spiro atoms. The fourth-order valence-corrected chi connectivity index (χ4v) is 10.0. The summed E-state index contributed by atoms with van der Waals surface area (Å²) in [6.45, 7) is 4.67. The SMILES string of the molecule is CC1(C)c2ccccc2-c2ccc(-c3cccc(-c4ccc5oc6cccc(-c7nc(-c8ccc(-c9ccccc9)cc8)nc(-c8ccc9oc%10ccccc%10c9c8)n7)c6c5c4)c3)cc21. The molecule has 306 valence electrons. The van der Waals surface area contributed by atoms with E-state index in [1.165, 1.54) is 33.4 Å². The summed E-state index contributed by atoms with van der Waals surface area (Å²) in [5.41, 5.74) is 18.1. The summed E-state index contributed by atoms with van der Waals surface area (Å²) in [5, 5.41) is 4.02. The average Bonchev–Trinajstić information content (AvgIpc) is 4.01. The molecule has 1 aliphatic carbocycles. The second-order valence-corrected chi connectivity index (χ2v) is 17.6. The molecule has 0 amide bonds. The molecule has 5 heteroatoms. The number of furan rings is 2. The Morgan fingerprint density at radius 1 is 0.308 bits per heavy atom. The van der Waals surface area contributed by atoms with Crippen LogP contribution in [-0.2, 0) is 5.41 Å². The fraction of sp³-hybridized carbons (Fsp3) is 0.0500. The van der Waals surface area contributed by atoms with Crippen molar-refractivity contribution in [1.29, 1.82) is 0 Å².